The molecule has 2 fully saturated rings. The topological polar surface area (TPSA) is 77.4 Å². The smallest absolute Gasteiger partial charge is 0.160 e. The molecule has 1 aliphatic heterocycles. The molecular formula is C28H38O6. The third kappa shape index (κ3) is 5.78. The molecule has 34 heavy (non-hydrogen) atoms. The molecule has 0 radical (unpaired) electrons. The molecule has 6 heteroatoms. The second kappa shape index (κ2) is 11.8. The highest BCUT2D eigenvalue weighted by molar-refractivity contribution is 5.43. The van der Waals surface area contributed by atoms with E-state index in [-0.39, 0.29) is 29.6 Å². The first-order valence-electron chi connectivity index (χ1n) is 12.6. The van der Waals surface area contributed by atoms with Crippen LogP contribution in [0.4, 0.5) is 0 Å². The van der Waals surface area contributed by atoms with Crippen molar-refractivity contribution in [3.05, 3.63) is 47.5 Å². The molecule has 186 valence electrons. The lowest BCUT2D eigenvalue weighted by molar-refractivity contribution is -0.106. The van der Waals surface area contributed by atoms with Crippen molar-refractivity contribution in [2.45, 2.75) is 63.6 Å². The molecule has 2 aromatic rings. The van der Waals surface area contributed by atoms with Crippen LogP contribution in [0.5, 0.6) is 23.0 Å². The Bertz CT molecular complexity index is 921. The zero-order valence-corrected chi connectivity index (χ0v) is 20.4. The van der Waals surface area contributed by atoms with Crippen molar-refractivity contribution >= 4 is 0 Å². The Morgan fingerprint density at radius 1 is 0.735 bits per heavy atom. The summed E-state index contributed by atoms with van der Waals surface area (Å²) in [5, 5.41) is 20.1. The summed E-state index contributed by atoms with van der Waals surface area (Å²) < 4.78 is 23.9. The van der Waals surface area contributed by atoms with Gasteiger partial charge in [-0.1, -0.05) is 44.2 Å². The van der Waals surface area contributed by atoms with Crippen molar-refractivity contribution in [2.75, 3.05) is 27.4 Å². The van der Waals surface area contributed by atoms with E-state index in [9.17, 15) is 10.2 Å². The van der Waals surface area contributed by atoms with E-state index in [0.717, 1.165) is 11.1 Å². The van der Waals surface area contributed by atoms with Gasteiger partial charge in [0.2, 0.25) is 0 Å². The first-order valence-corrected chi connectivity index (χ1v) is 12.6. The molecule has 1 heterocycles. The average Bonchev–Trinajstić information content (AvgIpc) is 2.81. The van der Waals surface area contributed by atoms with Gasteiger partial charge in [-0.05, 0) is 54.2 Å². The predicted molar refractivity (Wildman–Crippen MR) is 131 cm³/mol. The molecule has 0 bridgehead atoms. The summed E-state index contributed by atoms with van der Waals surface area (Å²) in [5.41, 5.74) is 2.01. The highest BCUT2D eigenvalue weighted by Gasteiger charge is 2.35. The second-order valence-corrected chi connectivity index (χ2v) is 9.53. The van der Waals surface area contributed by atoms with Gasteiger partial charge in [0.15, 0.2) is 23.0 Å². The highest BCUT2D eigenvalue weighted by atomic mass is 16.5. The van der Waals surface area contributed by atoms with Gasteiger partial charge in [0.1, 0.15) is 0 Å². The van der Waals surface area contributed by atoms with Crippen LogP contribution >= 0.6 is 0 Å². The van der Waals surface area contributed by atoms with Crippen molar-refractivity contribution in [1.82, 2.24) is 0 Å². The first-order chi connectivity index (χ1) is 16.6. The lowest BCUT2D eigenvalue weighted by Gasteiger charge is -2.38. The number of hydrogen-bond acceptors (Lipinski definition) is 6. The van der Waals surface area contributed by atoms with Crippen LogP contribution in [0, 0.1) is 11.8 Å². The molecule has 0 aromatic heterocycles. The van der Waals surface area contributed by atoms with Crippen LogP contribution in [-0.2, 0) is 9.47 Å². The Kier molecular flexibility index (Phi) is 8.57. The Morgan fingerprint density at radius 2 is 1.32 bits per heavy atom. The maximum absolute atomic E-state index is 10.1. The van der Waals surface area contributed by atoms with Crippen molar-refractivity contribution in [1.29, 1.82) is 0 Å². The molecule has 2 aliphatic rings. The van der Waals surface area contributed by atoms with Crippen LogP contribution in [0.15, 0.2) is 36.4 Å². The van der Waals surface area contributed by atoms with Crippen LogP contribution in [0.1, 0.15) is 74.7 Å². The van der Waals surface area contributed by atoms with Gasteiger partial charge in [-0.3, -0.25) is 0 Å². The zero-order valence-electron chi connectivity index (χ0n) is 20.4. The van der Waals surface area contributed by atoms with Crippen molar-refractivity contribution in [3.63, 3.8) is 0 Å². The third-order valence-electron chi connectivity index (χ3n) is 7.42. The van der Waals surface area contributed by atoms with E-state index >= 15 is 0 Å². The molecule has 3 atom stereocenters. The van der Waals surface area contributed by atoms with E-state index in [0.29, 0.717) is 37.1 Å². The van der Waals surface area contributed by atoms with Gasteiger partial charge < -0.3 is 29.2 Å². The summed E-state index contributed by atoms with van der Waals surface area (Å²) in [6.45, 7) is 1.14. The van der Waals surface area contributed by atoms with Gasteiger partial charge in [-0.2, -0.15) is 0 Å². The summed E-state index contributed by atoms with van der Waals surface area (Å²) in [5.74, 6) is 1.90. The van der Waals surface area contributed by atoms with E-state index in [1.165, 1.54) is 44.9 Å². The minimum Gasteiger partial charge on any atom is -0.504 e. The fourth-order valence-electron chi connectivity index (χ4n) is 5.49. The summed E-state index contributed by atoms with van der Waals surface area (Å²) in [6, 6.07) is 11.0. The molecule has 0 amide bonds. The molecular weight excluding hydrogens is 432 g/mol. The number of rotatable bonds is 5. The Hall–Kier alpha value is -2.44. The van der Waals surface area contributed by atoms with Gasteiger partial charge in [0, 0.05) is 12.3 Å². The molecule has 2 N–H and O–H groups in total. The van der Waals surface area contributed by atoms with Gasteiger partial charge >= 0.3 is 0 Å². The Balaban J connectivity index is 1.61. The average molecular weight is 471 g/mol. The monoisotopic (exact) mass is 470 g/mol. The molecule has 6 nitrogen and oxygen atoms in total. The number of ether oxygens (including phenoxy) is 4. The fourth-order valence-corrected chi connectivity index (χ4v) is 5.49. The Labute approximate surface area is 202 Å². The van der Waals surface area contributed by atoms with Crippen LogP contribution < -0.4 is 9.47 Å². The quantitative estimate of drug-likeness (QED) is 0.533. The molecule has 0 spiro atoms. The number of phenols is 2. The van der Waals surface area contributed by atoms with E-state index in [1.807, 2.05) is 24.3 Å². The number of hydrogen-bond donors (Lipinski definition) is 2. The van der Waals surface area contributed by atoms with Gasteiger partial charge in [0.05, 0.1) is 39.6 Å². The third-order valence-corrected chi connectivity index (χ3v) is 7.42. The number of methoxy groups -OCH3 is 2. The van der Waals surface area contributed by atoms with Gasteiger partial charge in [0.25, 0.3) is 0 Å². The molecule has 4 rings (SSSR count). The van der Waals surface area contributed by atoms with Crippen LogP contribution in [-0.4, -0.2) is 37.6 Å². The number of phenolic OH excluding ortho intramolecular Hbond substituents is 2. The second-order valence-electron chi connectivity index (χ2n) is 9.53. The number of benzene rings is 2. The minimum atomic E-state index is -0.124. The summed E-state index contributed by atoms with van der Waals surface area (Å²) in [6.07, 6.45) is 9.22. The largest absolute Gasteiger partial charge is 0.504 e. The van der Waals surface area contributed by atoms with Crippen LogP contribution in [0.2, 0.25) is 0 Å². The normalized spacial score (nSPS) is 24.9. The standard InChI is InChI=1S/C28H38O6/c1-31-26-16-20(10-12-23(26)29)25-14-15-33-28(21-11-13-24(30)27(17-21)32-2)22(18-34-25)19-8-6-4-3-5-7-9-19/h10-13,16-17,19,22,25,28-30H,3-9,14-15,18H2,1-2H3. The fraction of sp³-hybridized carbons (Fsp3) is 0.571. The summed E-state index contributed by atoms with van der Waals surface area (Å²) in [4.78, 5) is 0. The van der Waals surface area contributed by atoms with Crippen molar-refractivity contribution < 1.29 is 29.2 Å². The molecule has 1 saturated carbocycles. The lowest BCUT2D eigenvalue weighted by atomic mass is 9.77. The van der Waals surface area contributed by atoms with Gasteiger partial charge in [-0.15, -0.1) is 0 Å². The summed E-state index contributed by atoms with van der Waals surface area (Å²) >= 11 is 0. The first kappa shape index (κ1) is 24.7. The van der Waals surface area contributed by atoms with E-state index < -0.39 is 0 Å². The zero-order chi connectivity index (χ0) is 23.9. The van der Waals surface area contributed by atoms with Crippen LogP contribution in [0.25, 0.3) is 0 Å². The molecule has 1 saturated heterocycles. The lowest BCUT2D eigenvalue weighted by Crippen LogP contribution is -2.32. The van der Waals surface area contributed by atoms with E-state index in [1.54, 1.807) is 26.4 Å². The number of aromatic hydroxyl groups is 2. The summed E-state index contributed by atoms with van der Waals surface area (Å²) in [7, 11) is 3.13. The minimum absolute atomic E-state index is 0.116. The van der Waals surface area contributed by atoms with Crippen molar-refractivity contribution in [2.24, 2.45) is 11.8 Å². The van der Waals surface area contributed by atoms with Crippen LogP contribution in [0.3, 0.4) is 0 Å². The maximum Gasteiger partial charge on any atom is 0.160 e. The Morgan fingerprint density at radius 3 is 1.97 bits per heavy atom. The molecule has 1 aliphatic carbocycles. The SMILES string of the molecule is COc1cc(C2CCOC(c3ccc(O)c(OC)c3)C(C3CCCCCCC3)CO2)ccc1O. The maximum atomic E-state index is 10.1. The van der Waals surface area contributed by atoms with E-state index in [4.69, 9.17) is 18.9 Å². The molecule has 2 aromatic carbocycles. The van der Waals surface area contributed by atoms with Crippen molar-refractivity contribution in [3.8, 4) is 23.0 Å². The highest BCUT2D eigenvalue weighted by Crippen LogP contribution is 2.43. The van der Waals surface area contributed by atoms with Gasteiger partial charge in [-0.25, -0.2) is 0 Å². The molecule has 3 unspecified atom stereocenters. The van der Waals surface area contributed by atoms with E-state index in [2.05, 4.69) is 0 Å². The predicted octanol–water partition coefficient (Wildman–Crippen LogP) is 6.31.